The molecule has 5 heteroatoms. The highest BCUT2D eigenvalue weighted by Crippen LogP contribution is 2.21. The number of hydrogen-bond acceptors (Lipinski definition) is 3. The predicted octanol–water partition coefficient (Wildman–Crippen LogP) is 1.51. The number of carbonyl (C=O) groups is 2. The summed E-state index contributed by atoms with van der Waals surface area (Å²) < 4.78 is 0. The largest absolute Gasteiger partial charge is 0.354 e. The van der Waals surface area contributed by atoms with E-state index < -0.39 is 0 Å². The topological polar surface area (TPSA) is 75.4 Å². The van der Waals surface area contributed by atoms with Crippen LogP contribution in [0.25, 0.3) is 0 Å². The standard InChI is InChI=1S/C16H31N3O2/c1-12(2)13(3)10-16(21)19-9-5-4-6-14(19)11-18-15(20)7-8-17/h12-14H,4-11,17H2,1-3H3,(H,18,20). The summed E-state index contributed by atoms with van der Waals surface area (Å²) in [5.74, 6) is 1.12. The molecule has 1 rings (SSSR count). The van der Waals surface area contributed by atoms with Gasteiger partial charge in [-0.2, -0.15) is 0 Å². The zero-order chi connectivity index (χ0) is 15.8. The van der Waals surface area contributed by atoms with Crippen molar-refractivity contribution in [3.63, 3.8) is 0 Å². The molecule has 0 saturated carbocycles. The molecule has 1 heterocycles. The van der Waals surface area contributed by atoms with Crippen LogP contribution >= 0.6 is 0 Å². The van der Waals surface area contributed by atoms with Crippen LogP contribution in [0.5, 0.6) is 0 Å². The summed E-state index contributed by atoms with van der Waals surface area (Å²) in [4.78, 5) is 26.0. The summed E-state index contributed by atoms with van der Waals surface area (Å²) in [6.45, 7) is 8.18. The minimum absolute atomic E-state index is 0.0222. The molecule has 2 amide bonds. The molecule has 0 spiro atoms. The summed E-state index contributed by atoms with van der Waals surface area (Å²) >= 11 is 0. The van der Waals surface area contributed by atoms with Gasteiger partial charge in [0.1, 0.15) is 0 Å². The molecule has 2 atom stereocenters. The van der Waals surface area contributed by atoms with E-state index in [1.54, 1.807) is 0 Å². The first-order valence-electron chi connectivity index (χ1n) is 8.22. The normalized spacial score (nSPS) is 20.4. The Labute approximate surface area is 128 Å². The van der Waals surface area contributed by atoms with Crippen LogP contribution in [-0.4, -0.2) is 42.4 Å². The lowest BCUT2D eigenvalue weighted by molar-refractivity contribution is -0.136. The summed E-state index contributed by atoms with van der Waals surface area (Å²) in [5.41, 5.74) is 5.37. The molecule has 0 aliphatic carbocycles. The molecule has 1 aliphatic rings. The monoisotopic (exact) mass is 297 g/mol. The summed E-state index contributed by atoms with van der Waals surface area (Å²) in [6.07, 6.45) is 4.12. The maximum Gasteiger partial charge on any atom is 0.223 e. The van der Waals surface area contributed by atoms with Gasteiger partial charge < -0.3 is 16.0 Å². The third-order valence-corrected chi connectivity index (χ3v) is 4.49. The quantitative estimate of drug-likeness (QED) is 0.748. The van der Waals surface area contributed by atoms with E-state index >= 15 is 0 Å². The van der Waals surface area contributed by atoms with Gasteiger partial charge in [-0.3, -0.25) is 9.59 Å². The van der Waals surface area contributed by atoms with Gasteiger partial charge >= 0.3 is 0 Å². The highest BCUT2D eigenvalue weighted by Gasteiger charge is 2.28. The number of carbonyl (C=O) groups excluding carboxylic acids is 2. The lowest BCUT2D eigenvalue weighted by Crippen LogP contribution is -2.49. The molecular formula is C16H31N3O2. The molecule has 1 aliphatic heterocycles. The van der Waals surface area contributed by atoms with E-state index in [1.807, 2.05) is 4.90 Å². The molecule has 0 aromatic rings. The van der Waals surface area contributed by atoms with Crippen LogP contribution in [0.3, 0.4) is 0 Å². The molecule has 1 saturated heterocycles. The molecule has 3 N–H and O–H groups in total. The van der Waals surface area contributed by atoms with Crippen LogP contribution in [0, 0.1) is 11.8 Å². The molecule has 21 heavy (non-hydrogen) atoms. The van der Waals surface area contributed by atoms with Gasteiger partial charge in [0, 0.05) is 38.5 Å². The highest BCUT2D eigenvalue weighted by atomic mass is 16.2. The second-order valence-electron chi connectivity index (χ2n) is 6.50. The SMILES string of the molecule is CC(C)C(C)CC(=O)N1CCCCC1CNC(=O)CCN. The first kappa shape index (κ1) is 18.0. The van der Waals surface area contributed by atoms with E-state index in [9.17, 15) is 9.59 Å². The second-order valence-corrected chi connectivity index (χ2v) is 6.50. The van der Waals surface area contributed by atoms with Gasteiger partial charge in [-0.05, 0) is 31.1 Å². The zero-order valence-electron chi connectivity index (χ0n) is 13.7. The average Bonchev–Trinajstić information content (AvgIpc) is 2.45. The third kappa shape index (κ3) is 6.04. The maximum atomic E-state index is 12.5. The van der Waals surface area contributed by atoms with E-state index in [2.05, 4.69) is 26.1 Å². The Morgan fingerprint density at radius 3 is 2.62 bits per heavy atom. The fraction of sp³-hybridized carbons (Fsp3) is 0.875. The number of nitrogens with one attached hydrogen (secondary N) is 1. The first-order valence-corrected chi connectivity index (χ1v) is 8.22. The predicted molar refractivity (Wildman–Crippen MR) is 84.7 cm³/mol. The van der Waals surface area contributed by atoms with Crippen LogP contribution in [0.1, 0.15) is 52.9 Å². The van der Waals surface area contributed by atoms with E-state index in [0.29, 0.717) is 37.8 Å². The number of piperidine rings is 1. The van der Waals surface area contributed by atoms with Gasteiger partial charge in [0.05, 0.1) is 0 Å². The highest BCUT2D eigenvalue weighted by molar-refractivity contribution is 5.78. The van der Waals surface area contributed by atoms with E-state index in [1.165, 1.54) is 0 Å². The Hall–Kier alpha value is -1.10. The Balaban J connectivity index is 2.52. The second kappa shape index (κ2) is 9.03. The van der Waals surface area contributed by atoms with Crippen LogP contribution in [0.15, 0.2) is 0 Å². The van der Waals surface area contributed by atoms with Crippen molar-refractivity contribution in [3.8, 4) is 0 Å². The van der Waals surface area contributed by atoms with E-state index in [-0.39, 0.29) is 17.9 Å². The molecule has 2 unspecified atom stereocenters. The van der Waals surface area contributed by atoms with Crippen molar-refractivity contribution in [3.05, 3.63) is 0 Å². The van der Waals surface area contributed by atoms with Gasteiger partial charge in [0.25, 0.3) is 0 Å². The molecule has 0 aromatic carbocycles. The van der Waals surface area contributed by atoms with E-state index in [4.69, 9.17) is 5.73 Å². The molecule has 0 bridgehead atoms. The number of nitrogens with two attached hydrogens (primary N) is 1. The van der Waals surface area contributed by atoms with Crippen molar-refractivity contribution < 1.29 is 9.59 Å². The molecular weight excluding hydrogens is 266 g/mol. The Morgan fingerprint density at radius 1 is 1.29 bits per heavy atom. The minimum Gasteiger partial charge on any atom is -0.354 e. The van der Waals surface area contributed by atoms with Crippen molar-refractivity contribution in [2.45, 2.75) is 58.9 Å². The summed E-state index contributed by atoms with van der Waals surface area (Å²) in [6, 6.07) is 0.146. The minimum atomic E-state index is -0.0222. The summed E-state index contributed by atoms with van der Waals surface area (Å²) in [7, 11) is 0. The fourth-order valence-corrected chi connectivity index (χ4v) is 2.62. The molecule has 0 aromatic heterocycles. The van der Waals surface area contributed by atoms with Crippen LogP contribution < -0.4 is 11.1 Å². The van der Waals surface area contributed by atoms with Crippen LogP contribution in [0.2, 0.25) is 0 Å². The molecule has 122 valence electrons. The first-order chi connectivity index (χ1) is 9.95. The van der Waals surface area contributed by atoms with Crippen LogP contribution in [0.4, 0.5) is 0 Å². The van der Waals surface area contributed by atoms with Gasteiger partial charge in [0.15, 0.2) is 0 Å². The van der Waals surface area contributed by atoms with Gasteiger partial charge in [0.2, 0.25) is 11.8 Å². The van der Waals surface area contributed by atoms with E-state index in [0.717, 1.165) is 25.8 Å². The Morgan fingerprint density at radius 2 is 2.00 bits per heavy atom. The van der Waals surface area contributed by atoms with Crippen molar-refractivity contribution in [1.82, 2.24) is 10.2 Å². The maximum absolute atomic E-state index is 12.5. The molecule has 0 radical (unpaired) electrons. The number of likely N-dealkylation sites (tertiary alicyclic amines) is 1. The van der Waals surface area contributed by atoms with Crippen LogP contribution in [-0.2, 0) is 9.59 Å². The van der Waals surface area contributed by atoms with Gasteiger partial charge in [-0.25, -0.2) is 0 Å². The summed E-state index contributed by atoms with van der Waals surface area (Å²) in [5, 5.41) is 2.90. The number of nitrogens with zero attached hydrogens (tertiary/aromatic N) is 1. The van der Waals surface area contributed by atoms with Gasteiger partial charge in [-0.15, -0.1) is 0 Å². The number of amides is 2. The average molecular weight is 297 g/mol. The smallest absolute Gasteiger partial charge is 0.223 e. The lowest BCUT2D eigenvalue weighted by atomic mass is 9.93. The molecule has 1 fully saturated rings. The van der Waals surface area contributed by atoms with Crippen molar-refractivity contribution in [1.29, 1.82) is 0 Å². The van der Waals surface area contributed by atoms with Crippen molar-refractivity contribution >= 4 is 11.8 Å². The third-order valence-electron chi connectivity index (χ3n) is 4.49. The zero-order valence-corrected chi connectivity index (χ0v) is 13.7. The van der Waals surface area contributed by atoms with Crippen molar-refractivity contribution in [2.75, 3.05) is 19.6 Å². The van der Waals surface area contributed by atoms with Gasteiger partial charge in [-0.1, -0.05) is 20.8 Å². The Bertz CT molecular complexity index is 344. The molecule has 5 nitrogen and oxygen atoms in total. The van der Waals surface area contributed by atoms with Crippen molar-refractivity contribution in [2.24, 2.45) is 17.6 Å². The number of hydrogen-bond donors (Lipinski definition) is 2. The lowest BCUT2D eigenvalue weighted by Gasteiger charge is -2.36. The fourth-order valence-electron chi connectivity index (χ4n) is 2.62. The number of rotatable bonds is 7. The Kier molecular flexibility index (Phi) is 7.72.